The Morgan fingerprint density at radius 3 is 2.87 bits per heavy atom. The van der Waals surface area contributed by atoms with E-state index in [0.717, 1.165) is 34.7 Å². The number of aryl methyl sites for hydroxylation is 3. The van der Waals surface area contributed by atoms with Crippen LogP contribution in [0.25, 0.3) is 5.69 Å². The summed E-state index contributed by atoms with van der Waals surface area (Å²) in [4.78, 5) is 15.8. The van der Waals surface area contributed by atoms with E-state index in [1.54, 1.807) is 6.20 Å². The largest absolute Gasteiger partial charge is 0.494 e. The average Bonchev–Trinajstić information content (AvgIpc) is 3.20. The van der Waals surface area contributed by atoms with Gasteiger partial charge in [0.2, 0.25) is 11.1 Å². The number of benzene rings is 2. The maximum Gasteiger partial charge on any atom is 0.224 e. The van der Waals surface area contributed by atoms with Gasteiger partial charge in [-0.05, 0) is 62.1 Å². The van der Waals surface area contributed by atoms with Crippen LogP contribution in [-0.4, -0.2) is 32.0 Å². The molecule has 2 aromatic carbocycles. The van der Waals surface area contributed by atoms with Crippen LogP contribution < -0.4 is 10.1 Å². The van der Waals surface area contributed by atoms with E-state index in [9.17, 15) is 9.00 Å². The highest BCUT2D eigenvalue weighted by molar-refractivity contribution is 7.84. The molecule has 1 aromatic heterocycles. The van der Waals surface area contributed by atoms with Gasteiger partial charge in [-0.1, -0.05) is 17.7 Å². The van der Waals surface area contributed by atoms with Gasteiger partial charge in [-0.2, -0.15) is 0 Å². The predicted octanol–water partition coefficient (Wildman–Crippen LogP) is 3.95. The van der Waals surface area contributed by atoms with E-state index >= 15 is 0 Å². The zero-order valence-electron chi connectivity index (χ0n) is 17.2. The molecule has 1 N–H and O–H groups in total. The number of hydrogen-bond acceptors (Lipinski definition) is 4. The number of hydrogen-bond donors (Lipinski definition) is 1. The number of carbonyl (C=O) groups is 1. The topological polar surface area (TPSA) is 73.2 Å². The van der Waals surface area contributed by atoms with Crippen LogP contribution in [0, 0.1) is 13.8 Å². The molecule has 3 aromatic rings. The van der Waals surface area contributed by atoms with Crippen LogP contribution in [0.15, 0.2) is 53.9 Å². The highest BCUT2D eigenvalue weighted by Gasteiger charge is 2.16. The molecule has 4 rings (SSSR count). The highest BCUT2D eigenvalue weighted by Crippen LogP contribution is 2.27. The number of aromatic nitrogens is 2. The number of carbonyl (C=O) groups excluding carboxylic acids is 1. The van der Waals surface area contributed by atoms with Crippen LogP contribution in [0.5, 0.6) is 5.75 Å². The third-order valence-electron chi connectivity index (χ3n) is 5.14. The molecule has 156 valence electrons. The minimum atomic E-state index is -1.22. The van der Waals surface area contributed by atoms with Crippen LogP contribution in [-0.2, 0) is 22.0 Å². The van der Waals surface area contributed by atoms with Crippen molar-refractivity contribution in [2.75, 3.05) is 17.7 Å². The molecule has 0 fully saturated rings. The van der Waals surface area contributed by atoms with Gasteiger partial charge in [0.05, 0.1) is 23.1 Å². The number of fused-ring (bicyclic) bond motifs is 1. The summed E-state index contributed by atoms with van der Waals surface area (Å²) in [7, 11) is -1.22. The first-order chi connectivity index (χ1) is 14.5. The summed E-state index contributed by atoms with van der Waals surface area (Å²) in [5.41, 5.74) is 5.27. The lowest BCUT2D eigenvalue weighted by Crippen LogP contribution is -2.18. The van der Waals surface area contributed by atoms with Crippen LogP contribution in [0.3, 0.4) is 0 Å². The smallest absolute Gasteiger partial charge is 0.224 e. The Morgan fingerprint density at radius 2 is 2.03 bits per heavy atom. The fourth-order valence-corrected chi connectivity index (χ4v) is 4.76. The van der Waals surface area contributed by atoms with E-state index in [1.165, 1.54) is 5.56 Å². The molecule has 1 aliphatic rings. The van der Waals surface area contributed by atoms with Gasteiger partial charge in [-0.15, -0.1) is 0 Å². The molecule has 2 heterocycles. The summed E-state index contributed by atoms with van der Waals surface area (Å²) in [5, 5.41) is 3.43. The SMILES string of the molecule is Cc1ccc(-n2ccnc2S(=O)CCCOc2ccc3c(c2)CCC(=O)N3)c(C)c1. The first-order valence-electron chi connectivity index (χ1n) is 10.1. The van der Waals surface area contributed by atoms with Gasteiger partial charge in [-0.3, -0.25) is 13.6 Å². The van der Waals surface area contributed by atoms with E-state index < -0.39 is 10.8 Å². The zero-order valence-corrected chi connectivity index (χ0v) is 18.0. The molecule has 0 aliphatic carbocycles. The molecule has 0 spiro atoms. The zero-order chi connectivity index (χ0) is 21.1. The first kappa shape index (κ1) is 20.3. The fourth-order valence-electron chi connectivity index (χ4n) is 3.64. The molecule has 0 radical (unpaired) electrons. The number of nitrogens with one attached hydrogen (secondary N) is 1. The van der Waals surface area contributed by atoms with Crippen LogP contribution in [0.1, 0.15) is 29.5 Å². The molecular weight excluding hydrogens is 398 g/mol. The molecule has 0 bridgehead atoms. The van der Waals surface area contributed by atoms with Crippen molar-refractivity contribution < 1.29 is 13.7 Å². The Morgan fingerprint density at radius 1 is 1.17 bits per heavy atom. The second kappa shape index (κ2) is 8.83. The Kier molecular flexibility index (Phi) is 5.99. The van der Waals surface area contributed by atoms with Crippen molar-refractivity contribution >= 4 is 22.4 Å². The lowest BCUT2D eigenvalue weighted by atomic mass is 10.0. The summed E-state index contributed by atoms with van der Waals surface area (Å²) in [6, 6.07) is 11.9. The van der Waals surface area contributed by atoms with E-state index in [4.69, 9.17) is 4.74 Å². The van der Waals surface area contributed by atoms with Crippen LogP contribution in [0.4, 0.5) is 5.69 Å². The van der Waals surface area contributed by atoms with Gasteiger partial charge in [0.15, 0.2) is 0 Å². The highest BCUT2D eigenvalue weighted by atomic mass is 32.2. The van der Waals surface area contributed by atoms with Gasteiger partial charge in [-0.25, -0.2) is 4.98 Å². The maximum absolute atomic E-state index is 12.8. The maximum atomic E-state index is 12.8. The van der Waals surface area contributed by atoms with E-state index in [0.29, 0.717) is 30.4 Å². The molecule has 1 atom stereocenters. The van der Waals surface area contributed by atoms with Gasteiger partial charge in [0.25, 0.3) is 0 Å². The minimum Gasteiger partial charge on any atom is -0.494 e. The number of ether oxygens (including phenoxy) is 1. The summed E-state index contributed by atoms with van der Waals surface area (Å²) in [5.74, 6) is 1.30. The third-order valence-corrected chi connectivity index (χ3v) is 6.51. The van der Waals surface area contributed by atoms with Crippen molar-refractivity contribution in [3.05, 3.63) is 65.5 Å². The Balaban J connectivity index is 1.34. The summed E-state index contributed by atoms with van der Waals surface area (Å²) < 4.78 is 20.6. The molecule has 1 unspecified atom stereocenters. The van der Waals surface area contributed by atoms with E-state index in [-0.39, 0.29) is 5.91 Å². The molecular formula is C23H25N3O3S. The molecule has 1 amide bonds. The standard InChI is InChI=1S/C23H25N3O3S/c1-16-4-8-21(17(2)14-16)26-11-10-24-23(26)30(28)13-3-12-29-19-6-7-20-18(15-19)5-9-22(27)25-20/h4,6-8,10-11,14-15H,3,5,9,12-13H2,1-2H3,(H,25,27). The molecule has 1 aliphatic heterocycles. The molecule has 0 saturated heterocycles. The van der Waals surface area contributed by atoms with E-state index in [1.807, 2.05) is 48.0 Å². The number of amides is 1. The molecule has 0 saturated carbocycles. The normalized spacial score (nSPS) is 14.1. The minimum absolute atomic E-state index is 0.0536. The number of imidazole rings is 1. The third kappa shape index (κ3) is 4.46. The number of rotatable bonds is 7. The van der Waals surface area contributed by atoms with Crippen molar-refractivity contribution in [3.8, 4) is 11.4 Å². The summed E-state index contributed by atoms with van der Waals surface area (Å²) in [6.07, 6.45) is 5.42. The van der Waals surface area contributed by atoms with Crippen molar-refractivity contribution in [2.45, 2.75) is 38.3 Å². The Bertz CT molecular complexity index is 1110. The molecule has 30 heavy (non-hydrogen) atoms. The number of anilines is 1. The van der Waals surface area contributed by atoms with Gasteiger partial charge in [0.1, 0.15) is 5.75 Å². The molecule has 7 heteroatoms. The van der Waals surface area contributed by atoms with Crippen molar-refractivity contribution in [1.82, 2.24) is 9.55 Å². The fraction of sp³-hybridized carbons (Fsp3) is 0.304. The van der Waals surface area contributed by atoms with E-state index in [2.05, 4.69) is 23.3 Å². The van der Waals surface area contributed by atoms with Crippen LogP contribution in [0.2, 0.25) is 0 Å². The Hall–Kier alpha value is -2.93. The van der Waals surface area contributed by atoms with Crippen molar-refractivity contribution in [2.24, 2.45) is 0 Å². The monoisotopic (exact) mass is 423 g/mol. The van der Waals surface area contributed by atoms with Crippen molar-refractivity contribution in [3.63, 3.8) is 0 Å². The van der Waals surface area contributed by atoms with Crippen molar-refractivity contribution in [1.29, 1.82) is 0 Å². The summed E-state index contributed by atoms with van der Waals surface area (Å²) in [6.45, 7) is 4.58. The van der Waals surface area contributed by atoms with Gasteiger partial charge >= 0.3 is 0 Å². The van der Waals surface area contributed by atoms with Gasteiger partial charge in [0, 0.05) is 30.3 Å². The molecule has 6 nitrogen and oxygen atoms in total. The van der Waals surface area contributed by atoms with Gasteiger partial charge < -0.3 is 10.1 Å². The summed E-state index contributed by atoms with van der Waals surface area (Å²) >= 11 is 0. The second-order valence-electron chi connectivity index (χ2n) is 7.49. The lowest BCUT2D eigenvalue weighted by molar-refractivity contribution is -0.116. The quantitative estimate of drug-likeness (QED) is 0.584. The second-order valence-corrected chi connectivity index (χ2v) is 8.95. The predicted molar refractivity (Wildman–Crippen MR) is 118 cm³/mol. The first-order valence-corrected chi connectivity index (χ1v) is 11.4. The number of nitrogens with zero attached hydrogens (tertiary/aromatic N) is 2. The average molecular weight is 424 g/mol. The lowest BCUT2D eigenvalue weighted by Gasteiger charge is -2.17. The Labute approximate surface area is 178 Å². The van der Waals surface area contributed by atoms with Crippen LogP contribution >= 0.6 is 0 Å².